The van der Waals surface area contributed by atoms with Crippen LogP contribution in [0.2, 0.25) is 5.02 Å². The number of amides is 1. The number of hydrogen-bond acceptors (Lipinski definition) is 2. The maximum Gasteiger partial charge on any atom is 0.436 e. The van der Waals surface area contributed by atoms with E-state index in [4.69, 9.17) is 11.6 Å². The average molecular weight is 378 g/mol. The first kappa shape index (κ1) is 18.5. The van der Waals surface area contributed by atoms with Gasteiger partial charge in [0.05, 0.1) is 17.3 Å². The molecule has 0 unspecified atom stereocenters. The maximum atomic E-state index is 12.8. The Labute approximate surface area is 150 Å². The van der Waals surface area contributed by atoms with E-state index in [-0.39, 0.29) is 30.6 Å². The van der Waals surface area contributed by atoms with Gasteiger partial charge in [-0.15, -0.1) is 0 Å². The van der Waals surface area contributed by atoms with Crippen LogP contribution in [0.4, 0.5) is 13.2 Å². The van der Waals surface area contributed by atoms with Crippen LogP contribution in [0.1, 0.15) is 50.4 Å². The summed E-state index contributed by atoms with van der Waals surface area (Å²) in [6.45, 7) is 3.58. The summed E-state index contributed by atoms with van der Waals surface area (Å²) in [5.41, 5.74) is -0.870. The number of carbonyl (C=O) groups is 1. The standard InChI is InChI=1S/C17H23ClF3N3O/c1-9(13-8-11-3-4-12(13)7-11)22-14(25)5-6-24-10(2)15(18)16(23-24)17(19,20)21/h9,11-13H,3-8H2,1-2H3,(H,22,25)/t9-,11+,12+,13-/m1/s1. The molecule has 1 amide bonds. The second-order valence-corrected chi connectivity index (χ2v) is 7.79. The van der Waals surface area contributed by atoms with Gasteiger partial charge in [0.2, 0.25) is 5.91 Å². The Morgan fingerprint density at radius 1 is 1.40 bits per heavy atom. The van der Waals surface area contributed by atoms with Crippen LogP contribution in [0, 0.1) is 24.7 Å². The summed E-state index contributed by atoms with van der Waals surface area (Å²) < 4.78 is 39.6. The second-order valence-electron chi connectivity index (χ2n) is 7.41. The molecule has 3 rings (SSSR count). The third kappa shape index (κ3) is 3.81. The van der Waals surface area contributed by atoms with E-state index < -0.39 is 16.9 Å². The van der Waals surface area contributed by atoms with Gasteiger partial charge in [0, 0.05) is 12.5 Å². The number of carbonyl (C=O) groups excluding carboxylic acids is 1. The molecule has 1 aromatic rings. The van der Waals surface area contributed by atoms with Crippen LogP contribution in [0.3, 0.4) is 0 Å². The van der Waals surface area contributed by atoms with Gasteiger partial charge >= 0.3 is 6.18 Å². The summed E-state index contributed by atoms with van der Waals surface area (Å²) >= 11 is 5.72. The number of halogens is 4. The van der Waals surface area contributed by atoms with Gasteiger partial charge in [-0.25, -0.2) is 0 Å². The maximum absolute atomic E-state index is 12.8. The van der Waals surface area contributed by atoms with Gasteiger partial charge in [-0.3, -0.25) is 9.48 Å². The molecule has 2 aliphatic rings. The number of alkyl halides is 3. The SMILES string of the molecule is Cc1c(Cl)c(C(F)(F)F)nn1CCC(=O)N[C@H](C)[C@H]1C[C@H]2CC[C@H]1C2. The van der Waals surface area contributed by atoms with Crippen molar-refractivity contribution in [2.75, 3.05) is 0 Å². The third-order valence-corrected chi connectivity index (χ3v) is 6.23. The van der Waals surface area contributed by atoms with Crippen molar-refractivity contribution in [3.05, 3.63) is 16.4 Å². The number of aromatic nitrogens is 2. The number of rotatable bonds is 5. The third-order valence-electron chi connectivity index (χ3n) is 5.78. The van der Waals surface area contributed by atoms with Gasteiger partial charge < -0.3 is 5.32 Å². The topological polar surface area (TPSA) is 46.9 Å². The second kappa shape index (κ2) is 6.82. The van der Waals surface area contributed by atoms with Crippen molar-refractivity contribution in [2.24, 2.45) is 17.8 Å². The van der Waals surface area contributed by atoms with Gasteiger partial charge in [0.15, 0.2) is 5.69 Å². The minimum atomic E-state index is -4.59. The zero-order valence-electron chi connectivity index (χ0n) is 14.4. The molecule has 0 aromatic carbocycles. The normalized spacial score (nSPS) is 26.9. The molecule has 0 spiro atoms. The van der Waals surface area contributed by atoms with Crippen LogP contribution in [0.5, 0.6) is 0 Å². The fourth-order valence-corrected chi connectivity index (χ4v) is 4.71. The number of aryl methyl sites for hydroxylation is 1. The summed E-state index contributed by atoms with van der Waals surface area (Å²) in [7, 11) is 0. The molecular formula is C17H23ClF3N3O. The van der Waals surface area contributed by atoms with E-state index in [0.29, 0.717) is 11.8 Å². The predicted octanol–water partition coefficient (Wildman–Crippen LogP) is 4.19. The zero-order chi connectivity index (χ0) is 18.4. The molecule has 2 bridgehead atoms. The number of nitrogens with one attached hydrogen (secondary N) is 1. The van der Waals surface area contributed by atoms with Gasteiger partial charge in [-0.2, -0.15) is 18.3 Å². The molecule has 2 saturated carbocycles. The van der Waals surface area contributed by atoms with Crippen molar-refractivity contribution >= 4 is 17.5 Å². The highest BCUT2D eigenvalue weighted by Crippen LogP contribution is 2.49. The molecule has 0 saturated heterocycles. The summed E-state index contributed by atoms with van der Waals surface area (Å²) in [5.74, 6) is 1.89. The van der Waals surface area contributed by atoms with Gasteiger partial charge in [-0.1, -0.05) is 18.0 Å². The van der Waals surface area contributed by atoms with E-state index in [9.17, 15) is 18.0 Å². The van der Waals surface area contributed by atoms with E-state index in [0.717, 1.165) is 10.6 Å². The smallest absolute Gasteiger partial charge is 0.353 e. The summed E-state index contributed by atoms with van der Waals surface area (Å²) in [4.78, 5) is 12.2. The van der Waals surface area contributed by atoms with E-state index in [1.807, 2.05) is 6.92 Å². The highest BCUT2D eigenvalue weighted by molar-refractivity contribution is 6.31. The number of fused-ring (bicyclic) bond motifs is 2. The lowest BCUT2D eigenvalue weighted by Crippen LogP contribution is -2.40. The monoisotopic (exact) mass is 377 g/mol. The van der Waals surface area contributed by atoms with Crippen molar-refractivity contribution < 1.29 is 18.0 Å². The first-order valence-corrected chi connectivity index (χ1v) is 9.14. The summed E-state index contributed by atoms with van der Waals surface area (Å²) in [5, 5.41) is 6.13. The molecule has 0 radical (unpaired) electrons. The first-order valence-electron chi connectivity index (χ1n) is 8.76. The quantitative estimate of drug-likeness (QED) is 0.836. The number of hydrogen-bond donors (Lipinski definition) is 1. The Kier molecular flexibility index (Phi) is 5.06. The van der Waals surface area contributed by atoms with Crippen molar-refractivity contribution in [1.29, 1.82) is 0 Å². The highest BCUT2D eigenvalue weighted by Gasteiger charge is 2.42. The Hall–Kier alpha value is -1.24. The molecule has 4 nitrogen and oxygen atoms in total. The van der Waals surface area contributed by atoms with E-state index >= 15 is 0 Å². The Balaban J connectivity index is 1.54. The molecule has 2 aliphatic carbocycles. The van der Waals surface area contributed by atoms with Crippen molar-refractivity contribution in [2.45, 2.75) is 64.7 Å². The minimum Gasteiger partial charge on any atom is -0.353 e. The Bertz CT molecular complexity index is 658. The largest absolute Gasteiger partial charge is 0.436 e. The zero-order valence-corrected chi connectivity index (χ0v) is 15.1. The van der Waals surface area contributed by atoms with Crippen molar-refractivity contribution in [1.82, 2.24) is 15.1 Å². The molecule has 25 heavy (non-hydrogen) atoms. The molecule has 0 aliphatic heterocycles. The van der Waals surface area contributed by atoms with E-state index in [2.05, 4.69) is 10.4 Å². The van der Waals surface area contributed by atoms with Crippen molar-refractivity contribution in [3.8, 4) is 0 Å². The van der Waals surface area contributed by atoms with Crippen LogP contribution in [0.15, 0.2) is 0 Å². The minimum absolute atomic E-state index is 0.0803. The molecule has 1 heterocycles. The predicted molar refractivity (Wildman–Crippen MR) is 88.1 cm³/mol. The molecule has 2 fully saturated rings. The van der Waals surface area contributed by atoms with Crippen LogP contribution >= 0.6 is 11.6 Å². The molecule has 4 atom stereocenters. The Morgan fingerprint density at radius 2 is 2.12 bits per heavy atom. The van der Waals surface area contributed by atoms with Crippen molar-refractivity contribution in [3.63, 3.8) is 0 Å². The van der Waals surface area contributed by atoms with Crippen LogP contribution in [-0.2, 0) is 17.5 Å². The molecule has 8 heteroatoms. The van der Waals surface area contributed by atoms with Crippen LogP contribution < -0.4 is 5.32 Å². The fraction of sp³-hybridized carbons (Fsp3) is 0.765. The summed E-state index contributed by atoms with van der Waals surface area (Å²) in [6.07, 6.45) is 0.501. The highest BCUT2D eigenvalue weighted by atomic mass is 35.5. The van der Waals surface area contributed by atoms with E-state index in [1.165, 1.54) is 32.6 Å². The lowest BCUT2D eigenvalue weighted by atomic mass is 9.84. The van der Waals surface area contributed by atoms with Crippen LogP contribution in [0.25, 0.3) is 0 Å². The van der Waals surface area contributed by atoms with Crippen LogP contribution in [-0.4, -0.2) is 21.7 Å². The number of nitrogens with zero attached hydrogens (tertiary/aromatic N) is 2. The first-order chi connectivity index (χ1) is 11.7. The molecule has 140 valence electrons. The Morgan fingerprint density at radius 3 is 2.64 bits per heavy atom. The molecule has 1 aromatic heterocycles. The lowest BCUT2D eigenvalue weighted by Gasteiger charge is -2.28. The van der Waals surface area contributed by atoms with E-state index in [1.54, 1.807) is 0 Å². The van der Waals surface area contributed by atoms with Gasteiger partial charge in [-0.05, 0) is 50.9 Å². The summed E-state index contributed by atoms with van der Waals surface area (Å²) in [6, 6.07) is 0.107. The fourth-order valence-electron chi connectivity index (χ4n) is 4.47. The molecule has 1 N–H and O–H groups in total. The average Bonchev–Trinajstić information content (AvgIpc) is 3.21. The molecular weight excluding hydrogens is 355 g/mol. The van der Waals surface area contributed by atoms with Gasteiger partial charge in [0.1, 0.15) is 0 Å². The van der Waals surface area contributed by atoms with Gasteiger partial charge in [0.25, 0.3) is 0 Å². The lowest BCUT2D eigenvalue weighted by molar-refractivity contribution is -0.141.